The lowest BCUT2D eigenvalue weighted by Gasteiger charge is -2.45. The third kappa shape index (κ3) is 13.5. The van der Waals surface area contributed by atoms with Gasteiger partial charge in [-0.15, -0.1) is 0 Å². The number of ether oxygens (including phenoxy) is 11. The van der Waals surface area contributed by atoms with E-state index in [1.54, 1.807) is 83.1 Å². The third-order valence-electron chi connectivity index (χ3n) is 6.07. The van der Waals surface area contributed by atoms with E-state index in [1.807, 2.05) is 0 Å². The highest BCUT2D eigenvalue weighted by Gasteiger charge is 2.55. The maximum atomic E-state index is 13.3. The Morgan fingerprint density at radius 3 is 1.34 bits per heavy atom. The van der Waals surface area contributed by atoms with E-state index in [-0.39, 0.29) is 22.8 Å². The fraction of sp³-hybridized carbons (Fsp3) is 0.706. The highest BCUT2D eigenvalue weighted by molar-refractivity contribution is 5.64. The van der Waals surface area contributed by atoms with E-state index in [1.165, 1.54) is 26.4 Å². The molecular formula is C34H52O16. The van der Waals surface area contributed by atoms with Gasteiger partial charge >= 0.3 is 24.6 Å². The number of hydrogen-bond acceptors (Lipinski definition) is 16. The predicted octanol–water partition coefficient (Wildman–Crippen LogP) is 6.76. The van der Waals surface area contributed by atoms with E-state index in [0.717, 1.165) is 0 Å². The Balaban J connectivity index is 2.87. The van der Waals surface area contributed by atoms with E-state index in [0.29, 0.717) is 0 Å². The maximum Gasteiger partial charge on any atom is 0.509 e. The summed E-state index contributed by atoms with van der Waals surface area (Å²) in [4.78, 5) is 52.4. The molecule has 0 radical (unpaired) electrons. The number of methoxy groups -OCH3 is 2. The van der Waals surface area contributed by atoms with E-state index in [2.05, 4.69) is 0 Å². The van der Waals surface area contributed by atoms with E-state index in [4.69, 9.17) is 52.1 Å². The minimum absolute atomic E-state index is 0.000946. The van der Waals surface area contributed by atoms with Crippen molar-refractivity contribution >= 4 is 24.6 Å². The Morgan fingerprint density at radius 1 is 0.600 bits per heavy atom. The second kappa shape index (κ2) is 16.1. The molecule has 0 bridgehead atoms. The van der Waals surface area contributed by atoms with Crippen LogP contribution in [0, 0.1) is 0 Å². The van der Waals surface area contributed by atoms with Crippen LogP contribution in [0.3, 0.4) is 0 Å². The Kier molecular flexibility index (Phi) is 13.5. The molecule has 1 aliphatic heterocycles. The molecule has 0 aromatic heterocycles. The van der Waals surface area contributed by atoms with Crippen LogP contribution in [0.25, 0.3) is 0 Å². The molecule has 1 aliphatic rings. The summed E-state index contributed by atoms with van der Waals surface area (Å²) in [6.45, 7) is 18.6. The average Bonchev–Trinajstić information content (AvgIpc) is 2.89. The van der Waals surface area contributed by atoms with E-state index in [9.17, 15) is 24.3 Å². The summed E-state index contributed by atoms with van der Waals surface area (Å²) in [5.74, 6) is -0.252. The van der Waals surface area contributed by atoms with Crippen LogP contribution in [0.5, 0.6) is 17.2 Å². The van der Waals surface area contributed by atoms with Crippen LogP contribution in [0.4, 0.5) is 19.2 Å². The van der Waals surface area contributed by atoms with Gasteiger partial charge in [0.15, 0.2) is 18.3 Å². The molecular weight excluding hydrogens is 664 g/mol. The fourth-order valence-corrected chi connectivity index (χ4v) is 4.48. The third-order valence-corrected chi connectivity index (χ3v) is 6.07. The molecule has 0 amide bonds. The average molecular weight is 717 g/mol. The number of carbonyl (C=O) groups is 4. The van der Waals surface area contributed by atoms with Gasteiger partial charge in [0, 0.05) is 12.1 Å². The molecule has 16 heteroatoms. The van der Waals surface area contributed by atoms with Crippen molar-refractivity contribution in [2.24, 2.45) is 0 Å². The molecule has 16 nitrogen and oxygen atoms in total. The van der Waals surface area contributed by atoms with Crippen molar-refractivity contribution in [3.05, 3.63) is 17.7 Å². The van der Waals surface area contributed by atoms with Crippen molar-refractivity contribution in [1.29, 1.82) is 0 Å². The van der Waals surface area contributed by atoms with Crippen molar-refractivity contribution in [3.63, 3.8) is 0 Å². The zero-order valence-electron chi connectivity index (χ0n) is 31.3. The number of phenols is 1. The molecule has 50 heavy (non-hydrogen) atoms. The van der Waals surface area contributed by atoms with E-state index < -0.39 is 84.2 Å². The molecule has 0 saturated carbocycles. The summed E-state index contributed by atoms with van der Waals surface area (Å²) < 4.78 is 61.6. The molecule has 0 unspecified atom stereocenters. The van der Waals surface area contributed by atoms with Crippen LogP contribution in [0.15, 0.2) is 12.1 Å². The summed E-state index contributed by atoms with van der Waals surface area (Å²) in [5.41, 5.74) is -3.97. The highest BCUT2D eigenvalue weighted by atomic mass is 16.8. The molecule has 0 aliphatic carbocycles. The second-order valence-electron chi connectivity index (χ2n) is 15.3. The summed E-state index contributed by atoms with van der Waals surface area (Å²) in [6.07, 6.45) is -12.9. The van der Waals surface area contributed by atoms with Crippen molar-refractivity contribution in [3.8, 4) is 17.2 Å². The first-order chi connectivity index (χ1) is 22.7. The fourth-order valence-electron chi connectivity index (χ4n) is 4.48. The summed E-state index contributed by atoms with van der Waals surface area (Å²) in [7, 11) is 2.60. The number of hydrogen-bond donors (Lipinski definition) is 1. The summed E-state index contributed by atoms with van der Waals surface area (Å²) in [6, 6.07) is 2.48. The first-order valence-corrected chi connectivity index (χ1v) is 15.9. The lowest BCUT2D eigenvalue weighted by molar-refractivity contribution is -0.245. The first kappa shape index (κ1) is 41.8. The van der Waals surface area contributed by atoms with Gasteiger partial charge in [0.25, 0.3) is 0 Å². The predicted molar refractivity (Wildman–Crippen MR) is 174 cm³/mol. The minimum Gasteiger partial charge on any atom is -0.508 e. The summed E-state index contributed by atoms with van der Waals surface area (Å²) >= 11 is 0. The Hall–Kier alpha value is -4.34. The van der Waals surface area contributed by atoms with E-state index >= 15 is 0 Å². The van der Waals surface area contributed by atoms with Crippen molar-refractivity contribution in [2.45, 2.75) is 136 Å². The molecule has 5 atom stereocenters. The topological polar surface area (TPSA) is 190 Å². The molecule has 2 rings (SSSR count). The van der Waals surface area contributed by atoms with Gasteiger partial charge in [0.05, 0.1) is 19.8 Å². The van der Waals surface area contributed by atoms with Crippen molar-refractivity contribution in [2.75, 3.05) is 20.8 Å². The molecule has 0 spiro atoms. The largest absolute Gasteiger partial charge is 0.509 e. The zero-order valence-corrected chi connectivity index (χ0v) is 31.3. The van der Waals surface area contributed by atoms with Crippen molar-refractivity contribution in [1.82, 2.24) is 0 Å². The van der Waals surface area contributed by atoms with Gasteiger partial charge in [0.1, 0.15) is 58.5 Å². The van der Waals surface area contributed by atoms with Gasteiger partial charge in [-0.25, -0.2) is 19.2 Å². The monoisotopic (exact) mass is 716 g/mol. The van der Waals surface area contributed by atoms with Gasteiger partial charge < -0.3 is 57.2 Å². The number of carbonyl (C=O) groups excluding carboxylic acids is 4. The normalized spacial score (nSPS) is 21.2. The smallest absolute Gasteiger partial charge is 0.508 e. The summed E-state index contributed by atoms with van der Waals surface area (Å²) in [5, 5.41) is 10.4. The van der Waals surface area contributed by atoms with Gasteiger partial charge in [-0.05, 0) is 83.1 Å². The Labute approximate surface area is 292 Å². The standard InChI is InChI=1S/C34H52O16/c1-31(2,3)47-27(36)42-17-21-23(44-28(37)48-32(4,5)6)25(45-29(38)49-33(7,8)9)26(46-30(39)50-34(10,11)12)24(43-21)22-19(40-13)15-18(35)16-20(22)41-14/h15-16,21,23-26,35H,17H2,1-14H3/t21-,23-,24+,25+,26+/m1/s1. The van der Waals surface area contributed by atoms with Crippen LogP contribution in [-0.4, -0.2) is 97.4 Å². The molecule has 1 N–H and O–H groups in total. The number of aromatic hydroxyl groups is 1. The minimum atomic E-state index is -1.75. The van der Waals surface area contributed by atoms with Crippen LogP contribution in [0.2, 0.25) is 0 Å². The quantitative estimate of drug-likeness (QED) is 0.219. The van der Waals surface area contributed by atoms with Crippen LogP contribution >= 0.6 is 0 Å². The van der Waals surface area contributed by atoms with Gasteiger partial charge in [-0.1, -0.05) is 0 Å². The van der Waals surface area contributed by atoms with Gasteiger partial charge in [0.2, 0.25) is 0 Å². The first-order valence-electron chi connectivity index (χ1n) is 15.9. The van der Waals surface area contributed by atoms with Crippen LogP contribution in [0.1, 0.15) is 94.8 Å². The lowest BCUT2D eigenvalue weighted by atomic mass is 9.89. The molecule has 1 heterocycles. The lowest BCUT2D eigenvalue weighted by Crippen LogP contribution is -2.60. The number of benzene rings is 1. The Morgan fingerprint density at radius 2 is 0.960 bits per heavy atom. The molecule has 1 aromatic rings. The number of phenolic OH excluding ortho intramolecular Hbond substituents is 1. The van der Waals surface area contributed by atoms with Crippen LogP contribution in [-0.2, 0) is 42.6 Å². The zero-order chi connectivity index (χ0) is 38.4. The van der Waals surface area contributed by atoms with Gasteiger partial charge in [-0.3, -0.25) is 0 Å². The maximum absolute atomic E-state index is 13.3. The molecule has 1 saturated heterocycles. The molecule has 1 aromatic carbocycles. The number of rotatable bonds is 8. The van der Waals surface area contributed by atoms with Crippen LogP contribution < -0.4 is 9.47 Å². The Bertz CT molecular complexity index is 1320. The molecule has 284 valence electrons. The second-order valence-corrected chi connectivity index (χ2v) is 15.3. The molecule has 1 fully saturated rings. The van der Waals surface area contributed by atoms with Gasteiger partial charge in [-0.2, -0.15) is 0 Å². The van der Waals surface area contributed by atoms with Crippen molar-refractivity contribution < 1.29 is 76.4 Å². The highest BCUT2D eigenvalue weighted by Crippen LogP contribution is 2.46. The SMILES string of the molecule is COc1cc(O)cc(OC)c1[C@@H]1O[C@H](COC(=O)OC(C)(C)C)[C@@H](OC(=O)OC(C)(C)C)[C@H](OC(=O)OC(C)(C)C)[C@H]1OC(=O)OC(C)(C)C.